The Kier molecular flexibility index (Phi) is 4.77. The molecule has 0 unspecified atom stereocenters. The summed E-state index contributed by atoms with van der Waals surface area (Å²) in [5.74, 6) is 0.727. The highest BCUT2D eigenvalue weighted by Gasteiger charge is 2.07. The van der Waals surface area contributed by atoms with E-state index in [0.717, 1.165) is 6.08 Å². The summed E-state index contributed by atoms with van der Waals surface area (Å²) >= 11 is 0. The summed E-state index contributed by atoms with van der Waals surface area (Å²) in [5.41, 5.74) is 0.365. The maximum atomic E-state index is 13.4. The van der Waals surface area contributed by atoms with Crippen LogP contribution in [0, 0.1) is 18.2 Å². The van der Waals surface area contributed by atoms with Crippen molar-refractivity contribution < 1.29 is 19.0 Å². The van der Waals surface area contributed by atoms with Crippen molar-refractivity contribution in [3.05, 3.63) is 35.7 Å². The Bertz CT molecular complexity index is 472. The van der Waals surface area contributed by atoms with Crippen molar-refractivity contribution in [2.75, 3.05) is 6.61 Å². The van der Waals surface area contributed by atoms with Crippen LogP contribution in [0.5, 0.6) is 5.75 Å². The van der Waals surface area contributed by atoms with Crippen LogP contribution in [-0.2, 0) is 4.79 Å². The van der Waals surface area contributed by atoms with Gasteiger partial charge in [0.15, 0.2) is 11.6 Å². The number of hydrogen-bond donors (Lipinski definition) is 1. The molecule has 0 spiro atoms. The number of ether oxygens (including phenoxy) is 1. The minimum Gasteiger partial charge on any atom is -0.489 e. The third-order valence-electron chi connectivity index (χ3n) is 1.90. The van der Waals surface area contributed by atoms with Crippen LogP contribution in [-0.4, -0.2) is 17.7 Å². The third-order valence-corrected chi connectivity index (χ3v) is 1.90. The van der Waals surface area contributed by atoms with Gasteiger partial charge in [-0.15, -0.1) is 12.3 Å². The van der Waals surface area contributed by atoms with Crippen molar-refractivity contribution in [3.63, 3.8) is 0 Å². The fourth-order valence-electron chi connectivity index (χ4n) is 1.18. The zero-order chi connectivity index (χ0) is 12.7. The smallest absolute Gasteiger partial charge is 0.328 e. The van der Waals surface area contributed by atoms with Gasteiger partial charge < -0.3 is 9.84 Å². The summed E-state index contributed by atoms with van der Waals surface area (Å²) < 4.78 is 18.6. The van der Waals surface area contributed by atoms with Gasteiger partial charge in [0.25, 0.3) is 0 Å². The number of carboxylic acids is 1. The van der Waals surface area contributed by atoms with Crippen molar-refractivity contribution in [2.45, 2.75) is 6.42 Å². The minimum absolute atomic E-state index is 0.0141. The number of benzene rings is 1. The fourth-order valence-corrected chi connectivity index (χ4v) is 1.18. The number of terminal acetylenes is 1. The summed E-state index contributed by atoms with van der Waals surface area (Å²) in [6.07, 6.45) is 7.60. The standard InChI is InChI=1S/C13H11FO3/c1-2-3-9-17-13-10(7-8-12(15)16)5-4-6-11(13)14/h1,4-8H,3,9H2,(H,15,16)/b8-7+. The van der Waals surface area contributed by atoms with Gasteiger partial charge in [-0.2, -0.15) is 0 Å². The Labute approximate surface area is 98.5 Å². The predicted octanol–water partition coefficient (Wildman–Crippen LogP) is 2.33. The average Bonchev–Trinajstić information content (AvgIpc) is 2.29. The number of aliphatic carboxylic acids is 1. The van der Waals surface area contributed by atoms with E-state index >= 15 is 0 Å². The summed E-state index contributed by atoms with van der Waals surface area (Å²) in [5, 5.41) is 8.50. The molecule has 0 atom stereocenters. The van der Waals surface area contributed by atoms with Gasteiger partial charge >= 0.3 is 5.97 Å². The van der Waals surface area contributed by atoms with E-state index in [4.69, 9.17) is 16.3 Å². The molecule has 0 heterocycles. The molecular formula is C13H11FO3. The molecule has 4 heteroatoms. The Morgan fingerprint density at radius 3 is 3.00 bits per heavy atom. The molecule has 88 valence electrons. The molecule has 1 aromatic rings. The molecule has 0 bridgehead atoms. The molecule has 0 aliphatic carbocycles. The Hall–Kier alpha value is -2.28. The van der Waals surface area contributed by atoms with Gasteiger partial charge in [0, 0.05) is 18.1 Å². The van der Waals surface area contributed by atoms with Crippen LogP contribution in [0.4, 0.5) is 4.39 Å². The van der Waals surface area contributed by atoms with Crippen LogP contribution in [0.3, 0.4) is 0 Å². The molecule has 0 aliphatic rings. The molecule has 17 heavy (non-hydrogen) atoms. The lowest BCUT2D eigenvalue weighted by Crippen LogP contribution is -2.00. The van der Waals surface area contributed by atoms with Gasteiger partial charge in [-0.3, -0.25) is 0 Å². The average molecular weight is 234 g/mol. The highest BCUT2D eigenvalue weighted by Crippen LogP contribution is 2.24. The minimum atomic E-state index is -1.11. The van der Waals surface area contributed by atoms with Gasteiger partial charge in [-0.1, -0.05) is 12.1 Å². The van der Waals surface area contributed by atoms with Gasteiger partial charge in [0.05, 0.1) is 6.61 Å². The van der Waals surface area contributed by atoms with E-state index < -0.39 is 11.8 Å². The summed E-state index contributed by atoms with van der Waals surface area (Å²) in [4.78, 5) is 10.4. The van der Waals surface area contributed by atoms with E-state index in [1.54, 1.807) is 6.07 Å². The van der Waals surface area contributed by atoms with Gasteiger partial charge in [-0.25, -0.2) is 9.18 Å². The predicted molar refractivity (Wildman–Crippen MR) is 62.0 cm³/mol. The summed E-state index contributed by atoms with van der Waals surface area (Å²) in [6.45, 7) is 0.186. The van der Waals surface area contributed by atoms with E-state index in [1.807, 2.05) is 0 Å². The Morgan fingerprint density at radius 1 is 1.59 bits per heavy atom. The quantitative estimate of drug-likeness (QED) is 0.483. The zero-order valence-electron chi connectivity index (χ0n) is 9.02. The lowest BCUT2D eigenvalue weighted by molar-refractivity contribution is -0.131. The Morgan fingerprint density at radius 2 is 2.35 bits per heavy atom. The molecule has 1 rings (SSSR count). The van der Waals surface area contributed by atoms with Crippen molar-refractivity contribution in [1.29, 1.82) is 0 Å². The van der Waals surface area contributed by atoms with Crippen LogP contribution in [0.1, 0.15) is 12.0 Å². The van der Waals surface area contributed by atoms with Crippen molar-refractivity contribution in [3.8, 4) is 18.1 Å². The second-order valence-electron chi connectivity index (χ2n) is 3.13. The molecule has 0 amide bonds. The maximum Gasteiger partial charge on any atom is 0.328 e. The van der Waals surface area contributed by atoms with E-state index in [1.165, 1.54) is 18.2 Å². The fraction of sp³-hybridized carbons (Fsp3) is 0.154. The number of para-hydroxylation sites is 1. The first-order valence-corrected chi connectivity index (χ1v) is 4.91. The second kappa shape index (κ2) is 6.33. The van der Waals surface area contributed by atoms with E-state index in [2.05, 4.69) is 5.92 Å². The first-order valence-electron chi connectivity index (χ1n) is 4.91. The zero-order valence-corrected chi connectivity index (χ0v) is 9.02. The third kappa shape index (κ3) is 3.99. The van der Waals surface area contributed by atoms with Crippen LogP contribution >= 0.6 is 0 Å². The lowest BCUT2D eigenvalue weighted by atomic mass is 10.2. The van der Waals surface area contributed by atoms with Crippen LogP contribution in [0.15, 0.2) is 24.3 Å². The largest absolute Gasteiger partial charge is 0.489 e. The second-order valence-corrected chi connectivity index (χ2v) is 3.13. The van der Waals surface area contributed by atoms with E-state index in [9.17, 15) is 9.18 Å². The summed E-state index contributed by atoms with van der Waals surface area (Å²) in [6, 6.07) is 4.28. The number of carbonyl (C=O) groups is 1. The molecule has 0 aliphatic heterocycles. The molecular weight excluding hydrogens is 223 g/mol. The lowest BCUT2D eigenvalue weighted by Gasteiger charge is -2.08. The Balaban J connectivity index is 2.92. The molecule has 0 radical (unpaired) electrons. The summed E-state index contributed by atoms with van der Waals surface area (Å²) in [7, 11) is 0. The number of halogens is 1. The van der Waals surface area contributed by atoms with E-state index in [-0.39, 0.29) is 12.4 Å². The highest BCUT2D eigenvalue weighted by molar-refractivity contribution is 5.85. The van der Waals surface area contributed by atoms with Gasteiger partial charge in [0.1, 0.15) is 0 Å². The highest BCUT2D eigenvalue weighted by atomic mass is 19.1. The molecule has 0 saturated heterocycles. The van der Waals surface area contributed by atoms with Crippen LogP contribution in [0.25, 0.3) is 6.08 Å². The van der Waals surface area contributed by atoms with E-state index in [0.29, 0.717) is 12.0 Å². The first-order chi connectivity index (χ1) is 8.15. The molecule has 1 aromatic carbocycles. The van der Waals surface area contributed by atoms with Crippen molar-refractivity contribution in [1.82, 2.24) is 0 Å². The van der Waals surface area contributed by atoms with Crippen LogP contribution < -0.4 is 4.74 Å². The normalized spacial score (nSPS) is 10.1. The molecule has 3 nitrogen and oxygen atoms in total. The maximum absolute atomic E-state index is 13.4. The molecule has 0 saturated carbocycles. The number of rotatable bonds is 5. The molecule has 1 N–H and O–H groups in total. The monoisotopic (exact) mass is 234 g/mol. The van der Waals surface area contributed by atoms with Gasteiger partial charge in [0.2, 0.25) is 0 Å². The topological polar surface area (TPSA) is 46.5 Å². The SMILES string of the molecule is C#CCCOc1c(F)cccc1/C=C/C(=O)O. The molecule has 0 aromatic heterocycles. The number of carboxylic acid groups (broad SMARTS) is 1. The van der Waals surface area contributed by atoms with Crippen molar-refractivity contribution in [2.24, 2.45) is 0 Å². The van der Waals surface area contributed by atoms with Crippen molar-refractivity contribution >= 4 is 12.0 Å². The van der Waals surface area contributed by atoms with Gasteiger partial charge in [-0.05, 0) is 12.1 Å². The number of hydrogen-bond acceptors (Lipinski definition) is 2. The molecule has 0 fully saturated rings. The van der Waals surface area contributed by atoms with Crippen LogP contribution in [0.2, 0.25) is 0 Å². The first kappa shape index (κ1) is 12.8.